The highest BCUT2D eigenvalue weighted by Crippen LogP contribution is 2.49. The molecule has 0 radical (unpaired) electrons. The lowest BCUT2D eigenvalue weighted by Crippen LogP contribution is -2.42. The van der Waals surface area contributed by atoms with Crippen LogP contribution in [0.5, 0.6) is 0 Å². The molecule has 1 N–H and O–H groups in total. The van der Waals surface area contributed by atoms with Crippen molar-refractivity contribution in [2.75, 3.05) is 6.54 Å². The highest BCUT2D eigenvalue weighted by molar-refractivity contribution is 7.92. The summed E-state index contributed by atoms with van der Waals surface area (Å²) in [7, 11) is -1.81. The van der Waals surface area contributed by atoms with Gasteiger partial charge in [0.2, 0.25) is 0 Å². The van der Waals surface area contributed by atoms with Crippen LogP contribution in [0.2, 0.25) is 5.02 Å². The summed E-state index contributed by atoms with van der Waals surface area (Å²) in [4.78, 5) is 13.0. The Morgan fingerprint density at radius 3 is 2.44 bits per heavy atom. The van der Waals surface area contributed by atoms with Gasteiger partial charge in [-0.05, 0) is 61.6 Å². The topological polar surface area (TPSA) is 81.1 Å². The monoisotopic (exact) mass is 517 g/mol. The first-order valence-corrected chi connectivity index (χ1v) is 13.2. The number of nitrogens with one attached hydrogen (secondary N) is 1. The van der Waals surface area contributed by atoms with Crippen molar-refractivity contribution in [2.24, 2.45) is 18.4 Å². The molecule has 2 saturated carbocycles. The first-order valence-electron chi connectivity index (χ1n) is 11.3. The molecule has 11 heteroatoms. The minimum atomic E-state index is -4.54. The number of rotatable bonds is 7. The van der Waals surface area contributed by atoms with E-state index < -0.39 is 32.7 Å². The Morgan fingerprint density at radius 2 is 1.91 bits per heavy atom. The molecule has 4 rings (SSSR count). The van der Waals surface area contributed by atoms with E-state index in [1.165, 1.54) is 17.1 Å². The summed E-state index contributed by atoms with van der Waals surface area (Å²) < 4.78 is 66.2. The van der Waals surface area contributed by atoms with E-state index in [-0.39, 0.29) is 20.9 Å². The Labute approximate surface area is 201 Å². The van der Waals surface area contributed by atoms with E-state index in [1.807, 2.05) is 0 Å². The van der Waals surface area contributed by atoms with Gasteiger partial charge in [0.05, 0.1) is 27.6 Å². The van der Waals surface area contributed by atoms with Crippen LogP contribution in [0.25, 0.3) is 0 Å². The molecular weight excluding hydrogens is 491 g/mol. The van der Waals surface area contributed by atoms with Crippen molar-refractivity contribution >= 4 is 27.3 Å². The third kappa shape index (κ3) is 5.43. The van der Waals surface area contributed by atoms with Crippen LogP contribution in [-0.2, 0) is 23.1 Å². The second-order valence-electron chi connectivity index (χ2n) is 9.62. The van der Waals surface area contributed by atoms with Gasteiger partial charge in [-0.2, -0.15) is 18.3 Å². The number of carbonyl (C=O) groups excluding carboxylic acids is 1. The van der Waals surface area contributed by atoms with E-state index in [2.05, 4.69) is 10.4 Å². The van der Waals surface area contributed by atoms with Gasteiger partial charge in [0.1, 0.15) is 4.90 Å². The van der Waals surface area contributed by atoms with Crippen LogP contribution in [0.1, 0.15) is 60.9 Å². The molecule has 2 aliphatic carbocycles. The summed E-state index contributed by atoms with van der Waals surface area (Å²) in [6, 6.07) is 2.69. The van der Waals surface area contributed by atoms with Gasteiger partial charge in [-0.3, -0.25) is 9.48 Å². The summed E-state index contributed by atoms with van der Waals surface area (Å²) in [6.07, 6.45) is 3.75. The van der Waals surface area contributed by atoms with Crippen LogP contribution in [0, 0.1) is 11.3 Å². The zero-order valence-electron chi connectivity index (χ0n) is 18.7. The summed E-state index contributed by atoms with van der Waals surface area (Å²) >= 11 is 5.98. The van der Waals surface area contributed by atoms with E-state index in [1.54, 1.807) is 7.05 Å². The van der Waals surface area contributed by atoms with Crippen molar-refractivity contribution in [1.29, 1.82) is 0 Å². The summed E-state index contributed by atoms with van der Waals surface area (Å²) in [5.74, 6) is 0.0389. The molecule has 2 aromatic rings. The number of aryl methyl sites for hydroxylation is 1. The SMILES string of the molecule is Cn1cc(S(=O)(=O)C2CCC(CNC(=O)c3ccc(C(F)(F)F)cc3Cl)(CC3CC3)CC2)cn1. The maximum absolute atomic E-state index is 13.0. The van der Waals surface area contributed by atoms with Crippen LogP contribution in [0.3, 0.4) is 0 Å². The van der Waals surface area contributed by atoms with Crippen LogP contribution >= 0.6 is 11.6 Å². The molecule has 2 fully saturated rings. The van der Waals surface area contributed by atoms with Gasteiger partial charge < -0.3 is 5.32 Å². The van der Waals surface area contributed by atoms with Crippen molar-refractivity contribution < 1.29 is 26.4 Å². The molecule has 0 spiro atoms. The van der Waals surface area contributed by atoms with E-state index in [0.29, 0.717) is 38.1 Å². The number of nitrogens with zero attached hydrogens (tertiary/aromatic N) is 2. The van der Waals surface area contributed by atoms with Crippen LogP contribution in [0.15, 0.2) is 35.5 Å². The lowest BCUT2D eigenvalue weighted by atomic mass is 9.70. The Kier molecular flexibility index (Phi) is 6.76. The third-order valence-electron chi connectivity index (χ3n) is 7.03. The van der Waals surface area contributed by atoms with Crippen molar-refractivity contribution in [1.82, 2.24) is 15.1 Å². The van der Waals surface area contributed by atoms with Gasteiger partial charge in [0.15, 0.2) is 9.84 Å². The molecule has 0 bridgehead atoms. The van der Waals surface area contributed by atoms with Crippen molar-refractivity contribution in [3.05, 3.63) is 46.7 Å². The van der Waals surface area contributed by atoms with Gasteiger partial charge in [-0.15, -0.1) is 0 Å². The highest BCUT2D eigenvalue weighted by Gasteiger charge is 2.43. The highest BCUT2D eigenvalue weighted by atomic mass is 35.5. The van der Waals surface area contributed by atoms with E-state index in [9.17, 15) is 26.4 Å². The number of hydrogen-bond acceptors (Lipinski definition) is 4. The number of benzene rings is 1. The van der Waals surface area contributed by atoms with Gasteiger partial charge in [0, 0.05) is 19.8 Å². The zero-order chi connectivity index (χ0) is 24.7. The molecular formula is C23H27ClF3N3O3S. The number of hydrogen-bond donors (Lipinski definition) is 1. The lowest BCUT2D eigenvalue weighted by molar-refractivity contribution is -0.137. The fraction of sp³-hybridized carbons (Fsp3) is 0.565. The number of halogens is 4. The Bertz CT molecular complexity index is 1170. The number of aromatic nitrogens is 2. The third-order valence-corrected chi connectivity index (χ3v) is 9.56. The van der Waals surface area contributed by atoms with Gasteiger partial charge in [-0.25, -0.2) is 8.42 Å². The van der Waals surface area contributed by atoms with E-state index in [0.717, 1.165) is 37.5 Å². The standard InChI is InChI=1S/C23H27ClF3N3O3S/c1-30-13-18(12-29-30)34(32,33)17-6-8-22(9-7-17,11-15-2-3-15)14-28-21(31)19-5-4-16(10-20(19)24)23(25,26)27/h4-5,10,12-13,15,17H,2-3,6-9,11,14H2,1H3,(H,28,31). The molecule has 1 aromatic heterocycles. The van der Waals surface area contributed by atoms with E-state index in [4.69, 9.17) is 11.6 Å². The predicted molar refractivity (Wildman–Crippen MR) is 121 cm³/mol. The summed E-state index contributed by atoms with van der Waals surface area (Å²) in [5.41, 5.74) is -1.16. The zero-order valence-corrected chi connectivity index (χ0v) is 20.3. The average molecular weight is 518 g/mol. The molecule has 2 aliphatic rings. The minimum Gasteiger partial charge on any atom is -0.351 e. The van der Waals surface area contributed by atoms with Gasteiger partial charge in [-0.1, -0.05) is 24.4 Å². The number of alkyl halides is 3. The predicted octanol–water partition coefficient (Wildman–Crippen LogP) is 5.03. The molecule has 0 saturated heterocycles. The fourth-order valence-corrected chi connectivity index (χ4v) is 6.88. The molecule has 34 heavy (non-hydrogen) atoms. The van der Waals surface area contributed by atoms with E-state index >= 15 is 0 Å². The second kappa shape index (κ2) is 9.18. The molecule has 1 amide bonds. The quantitative estimate of drug-likeness (QED) is 0.559. The number of sulfone groups is 1. The van der Waals surface area contributed by atoms with Crippen LogP contribution in [-0.4, -0.2) is 35.9 Å². The lowest BCUT2D eigenvalue weighted by Gasteiger charge is -2.40. The van der Waals surface area contributed by atoms with Crippen molar-refractivity contribution in [2.45, 2.75) is 61.3 Å². The Hall–Kier alpha value is -2.07. The van der Waals surface area contributed by atoms with Crippen LogP contribution in [0.4, 0.5) is 13.2 Å². The van der Waals surface area contributed by atoms with Crippen LogP contribution < -0.4 is 5.32 Å². The molecule has 0 atom stereocenters. The first kappa shape index (κ1) is 25.0. The van der Waals surface area contributed by atoms with Gasteiger partial charge >= 0.3 is 6.18 Å². The minimum absolute atomic E-state index is 0.0101. The second-order valence-corrected chi connectivity index (χ2v) is 12.3. The molecule has 1 heterocycles. The maximum Gasteiger partial charge on any atom is 0.416 e. The number of carbonyl (C=O) groups is 1. The molecule has 0 aliphatic heterocycles. The smallest absolute Gasteiger partial charge is 0.351 e. The molecule has 0 unspecified atom stereocenters. The maximum atomic E-state index is 13.0. The average Bonchev–Trinajstić information content (AvgIpc) is 3.47. The van der Waals surface area contributed by atoms with Crippen molar-refractivity contribution in [3.63, 3.8) is 0 Å². The Morgan fingerprint density at radius 1 is 1.24 bits per heavy atom. The molecule has 1 aromatic carbocycles. The summed E-state index contributed by atoms with van der Waals surface area (Å²) in [6.45, 7) is 0.333. The molecule has 6 nitrogen and oxygen atoms in total. The summed E-state index contributed by atoms with van der Waals surface area (Å²) in [5, 5.41) is 6.09. The normalized spacial score (nSPS) is 23.6. The largest absolute Gasteiger partial charge is 0.416 e. The fourth-order valence-electron chi connectivity index (χ4n) is 4.88. The van der Waals surface area contributed by atoms with Crippen molar-refractivity contribution in [3.8, 4) is 0 Å². The number of amides is 1. The Balaban J connectivity index is 1.43. The molecule has 186 valence electrons. The first-order chi connectivity index (χ1) is 15.9. The van der Waals surface area contributed by atoms with Gasteiger partial charge in [0.25, 0.3) is 5.91 Å².